The smallest absolute Gasteiger partial charge is 0.305 e. The third-order valence-electron chi connectivity index (χ3n) is 7.23. The molecule has 1 heterocycles. The molecule has 1 fully saturated rings. The summed E-state index contributed by atoms with van der Waals surface area (Å²) >= 11 is 13.4. The van der Waals surface area contributed by atoms with Gasteiger partial charge in [0.1, 0.15) is 11.3 Å². The summed E-state index contributed by atoms with van der Waals surface area (Å²) in [5.74, 6) is -0.189. The molecule has 4 rings (SSSR count). The number of nitrogens with zero attached hydrogens (tertiary/aromatic N) is 2. The highest BCUT2D eigenvalue weighted by atomic mass is 35.5. The van der Waals surface area contributed by atoms with E-state index in [1.807, 2.05) is 24.3 Å². The third kappa shape index (κ3) is 7.71. The number of nitrogens with one attached hydrogen (secondary N) is 1. The molecule has 0 aliphatic heterocycles. The monoisotopic (exact) mass is 564 g/mol. The summed E-state index contributed by atoms with van der Waals surface area (Å²) < 4.78 is 0.834. The third-order valence-corrected chi connectivity index (χ3v) is 8.92. The molecule has 2 aromatic carbocycles. The maximum atomic E-state index is 11.9. The number of carbonyl (C=O) groups excluding carboxylic acids is 1. The Kier molecular flexibility index (Phi) is 9.90. The van der Waals surface area contributed by atoms with E-state index in [0.29, 0.717) is 34.6 Å². The van der Waals surface area contributed by atoms with E-state index in [2.05, 4.69) is 14.8 Å². The highest BCUT2D eigenvalue weighted by Crippen LogP contribution is 2.29. The fourth-order valence-electron chi connectivity index (χ4n) is 5.14. The van der Waals surface area contributed by atoms with E-state index in [0.717, 1.165) is 66.2 Å². The van der Waals surface area contributed by atoms with Crippen LogP contribution in [-0.4, -0.2) is 64.6 Å². The van der Waals surface area contributed by atoms with Crippen molar-refractivity contribution in [3.8, 4) is 5.75 Å². The Morgan fingerprint density at radius 1 is 1.03 bits per heavy atom. The first-order valence-corrected chi connectivity index (χ1v) is 14.4. The molecule has 10 heteroatoms. The van der Waals surface area contributed by atoms with Gasteiger partial charge in [0.15, 0.2) is 0 Å². The van der Waals surface area contributed by atoms with E-state index in [1.165, 1.54) is 25.7 Å². The number of aromatic amines is 1. The average Bonchev–Trinajstić information content (AvgIpc) is 3.54. The van der Waals surface area contributed by atoms with Gasteiger partial charge in [-0.25, -0.2) is 0 Å². The summed E-state index contributed by atoms with van der Waals surface area (Å²) in [6.45, 7) is 3.99. The fraction of sp³-hybridized carbons (Fsp3) is 0.481. The molecular weight excluding hydrogens is 531 g/mol. The normalized spacial score (nSPS) is 14.4. The predicted molar refractivity (Wildman–Crippen MR) is 152 cm³/mol. The Balaban J connectivity index is 1.42. The average molecular weight is 566 g/mol. The first-order chi connectivity index (χ1) is 17.8. The molecule has 37 heavy (non-hydrogen) atoms. The molecule has 4 N–H and O–H groups in total. The number of nitrogens with two attached hydrogens (primary N) is 1. The van der Waals surface area contributed by atoms with E-state index in [4.69, 9.17) is 28.9 Å². The molecule has 1 aliphatic rings. The molecule has 1 saturated carbocycles. The van der Waals surface area contributed by atoms with Crippen LogP contribution in [0.15, 0.2) is 35.1 Å². The number of carbonyl (C=O) groups is 1. The summed E-state index contributed by atoms with van der Waals surface area (Å²) in [5.41, 5.74) is 8.17. The Bertz CT molecular complexity index is 1270. The number of amides is 1. The van der Waals surface area contributed by atoms with Crippen molar-refractivity contribution in [1.29, 1.82) is 0 Å². The molecule has 0 saturated heterocycles. The summed E-state index contributed by atoms with van der Waals surface area (Å²) in [6, 6.07) is 9.81. The Labute approximate surface area is 231 Å². The summed E-state index contributed by atoms with van der Waals surface area (Å²) in [5, 5.41) is 11.2. The van der Waals surface area contributed by atoms with Crippen LogP contribution in [0, 0.1) is 0 Å². The van der Waals surface area contributed by atoms with E-state index in [-0.39, 0.29) is 16.5 Å². The van der Waals surface area contributed by atoms with Gasteiger partial charge in [0, 0.05) is 45.2 Å². The van der Waals surface area contributed by atoms with Gasteiger partial charge in [0.2, 0.25) is 5.91 Å². The number of aromatic hydroxyl groups is 1. The number of hydrogen-bond acceptors (Lipinski definition) is 6. The summed E-state index contributed by atoms with van der Waals surface area (Å²) in [4.78, 5) is 30.9. The van der Waals surface area contributed by atoms with Gasteiger partial charge in [-0.05, 0) is 55.0 Å². The number of phenols is 1. The molecule has 0 radical (unpaired) electrons. The standard InChI is InChI=1S/C27H34Cl2N4O3S/c28-21-7-5-18(17-22(21)29)9-12-32(13-11-24(30)35)15-16-33(20-3-1-2-4-20)14-10-19-6-8-23(34)25-26(19)37-27(36)31-25/h5-8,17,20,34H,1-4,9-16H2,(H2,30,35)(H,31,36). The lowest BCUT2D eigenvalue weighted by molar-refractivity contribution is -0.118. The van der Waals surface area contributed by atoms with Gasteiger partial charge in [0.05, 0.1) is 14.7 Å². The van der Waals surface area contributed by atoms with Gasteiger partial charge in [-0.2, -0.15) is 0 Å². The maximum Gasteiger partial charge on any atom is 0.305 e. The topological polar surface area (TPSA) is 103 Å². The van der Waals surface area contributed by atoms with Gasteiger partial charge in [-0.15, -0.1) is 0 Å². The largest absolute Gasteiger partial charge is 0.506 e. The van der Waals surface area contributed by atoms with Crippen LogP contribution in [-0.2, 0) is 17.6 Å². The molecule has 0 atom stereocenters. The van der Waals surface area contributed by atoms with Gasteiger partial charge in [0.25, 0.3) is 0 Å². The molecule has 1 amide bonds. The van der Waals surface area contributed by atoms with E-state index in [9.17, 15) is 14.7 Å². The van der Waals surface area contributed by atoms with Gasteiger partial charge >= 0.3 is 4.87 Å². The van der Waals surface area contributed by atoms with Crippen molar-refractivity contribution in [2.24, 2.45) is 5.73 Å². The van der Waals surface area contributed by atoms with Crippen LogP contribution in [0.5, 0.6) is 5.75 Å². The van der Waals surface area contributed by atoms with Crippen LogP contribution in [0.1, 0.15) is 43.2 Å². The second-order valence-electron chi connectivity index (χ2n) is 9.74. The minimum atomic E-state index is -0.297. The first-order valence-electron chi connectivity index (χ1n) is 12.8. The van der Waals surface area contributed by atoms with Crippen molar-refractivity contribution in [3.05, 3.63) is 61.2 Å². The van der Waals surface area contributed by atoms with Crippen molar-refractivity contribution >= 4 is 50.7 Å². The number of hydrogen-bond donors (Lipinski definition) is 3. The number of benzene rings is 2. The minimum absolute atomic E-state index is 0.108. The zero-order valence-corrected chi connectivity index (χ0v) is 23.2. The Hall–Kier alpha value is -2.10. The maximum absolute atomic E-state index is 11.9. The second-order valence-corrected chi connectivity index (χ2v) is 11.5. The van der Waals surface area contributed by atoms with Crippen molar-refractivity contribution in [3.63, 3.8) is 0 Å². The molecule has 7 nitrogen and oxygen atoms in total. The van der Waals surface area contributed by atoms with Crippen molar-refractivity contribution < 1.29 is 9.90 Å². The number of thiazole rings is 1. The van der Waals surface area contributed by atoms with Crippen molar-refractivity contribution in [1.82, 2.24) is 14.8 Å². The fourth-order valence-corrected chi connectivity index (χ4v) is 6.35. The molecule has 200 valence electrons. The van der Waals surface area contributed by atoms with Crippen LogP contribution in [0.2, 0.25) is 10.0 Å². The number of primary amides is 1. The number of fused-ring (bicyclic) bond motifs is 1. The summed E-state index contributed by atoms with van der Waals surface area (Å²) in [6.07, 6.45) is 6.78. The zero-order chi connectivity index (χ0) is 26.4. The van der Waals surface area contributed by atoms with E-state index < -0.39 is 0 Å². The molecule has 1 aromatic heterocycles. The zero-order valence-electron chi connectivity index (χ0n) is 20.8. The van der Waals surface area contributed by atoms with Crippen LogP contribution >= 0.6 is 34.5 Å². The SMILES string of the molecule is NC(=O)CCN(CCc1ccc(Cl)c(Cl)c1)CCN(CCc1ccc(O)c2[nH]c(=O)sc12)C1CCCC1. The lowest BCUT2D eigenvalue weighted by Gasteiger charge is -2.32. The quantitative estimate of drug-likeness (QED) is 0.276. The number of aromatic nitrogens is 1. The van der Waals surface area contributed by atoms with E-state index >= 15 is 0 Å². The highest BCUT2D eigenvalue weighted by Gasteiger charge is 2.23. The van der Waals surface area contributed by atoms with Crippen LogP contribution < -0.4 is 10.6 Å². The van der Waals surface area contributed by atoms with Crippen LogP contribution in [0.4, 0.5) is 0 Å². The minimum Gasteiger partial charge on any atom is -0.506 e. The number of halogens is 2. The highest BCUT2D eigenvalue weighted by molar-refractivity contribution is 7.16. The Morgan fingerprint density at radius 2 is 1.81 bits per heavy atom. The van der Waals surface area contributed by atoms with E-state index in [1.54, 1.807) is 6.07 Å². The Morgan fingerprint density at radius 3 is 2.54 bits per heavy atom. The molecule has 1 aliphatic carbocycles. The summed E-state index contributed by atoms with van der Waals surface area (Å²) in [7, 11) is 0. The first kappa shape index (κ1) is 27.9. The van der Waals surface area contributed by atoms with Gasteiger partial charge in [-0.3, -0.25) is 14.5 Å². The lowest BCUT2D eigenvalue weighted by Crippen LogP contribution is -2.42. The van der Waals surface area contributed by atoms with Crippen LogP contribution in [0.25, 0.3) is 10.2 Å². The van der Waals surface area contributed by atoms with Crippen molar-refractivity contribution in [2.75, 3.05) is 32.7 Å². The number of H-pyrrole nitrogens is 1. The van der Waals surface area contributed by atoms with Gasteiger partial charge < -0.3 is 20.7 Å². The molecule has 0 spiro atoms. The molecular formula is C27H34Cl2N4O3S. The molecule has 0 bridgehead atoms. The van der Waals surface area contributed by atoms with Gasteiger partial charge in [-0.1, -0.05) is 59.5 Å². The molecule has 3 aromatic rings. The second kappa shape index (κ2) is 13.1. The van der Waals surface area contributed by atoms with Crippen LogP contribution in [0.3, 0.4) is 0 Å². The van der Waals surface area contributed by atoms with Crippen molar-refractivity contribution in [2.45, 2.75) is 51.0 Å². The number of rotatable bonds is 13. The predicted octanol–water partition coefficient (Wildman–Crippen LogP) is 4.81. The lowest BCUT2D eigenvalue weighted by atomic mass is 10.1. The molecule has 0 unspecified atom stereocenters. The number of phenolic OH excluding ortho intramolecular Hbond substituents is 1.